The maximum atomic E-state index is 11.4. The molecule has 0 aliphatic carbocycles. The number of hydrazone groups is 1. The van der Waals surface area contributed by atoms with Gasteiger partial charge in [0.05, 0.1) is 10.2 Å². The molecule has 8 heteroatoms. The van der Waals surface area contributed by atoms with Crippen molar-refractivity contribution in [2.45, 2.75) is 45.8 Å². The molecule has 2 unspecified atom stereocenters. The van der Waals surface area contributed by atoms with Crippen LogP contribution in [0.1, 0.15) is 38.3 Å². The van der Waals surface area contributed by atoms with Crippen LogP contribution in [0.25, 0.3) is 0 Å². The van der Waals surface area contributed by atoms with Crippen molar-refractivity contribution in [3.8, 4) is 5.75 Å². The van der Waals surface area contributed by atoms with E-state index < -0.39 is 6.10 Å². The summed E-state index contributed by atoms with van der Waals surface area (Å²) >= 11 is 3.47. The molecule has 33 heavy (non-hydrogen) atoms. The fourth-order valence-corrected chi connectivity index (χ4v) is 3.87. The van der Waals surface area contributed by atoms with E-state index in [2.05, 4.69) is 50.9 Å². The van der Waals surface area contributed by atoms with E-state index in [0.29, 0.717) is 19.5 Å². The van der Waals surface area contributed by atoms with E-state index in [1.807, 2.05) is 56.3 Å². The Hall–Kier alpha value is -2.42. The second kappa shape index (κ2) is 11.1. The predicted molar refractivity (Wildman–Crippen MR) is 136 cm³/mol. The van der Waals surface area contributed by atoms with Gasteiger partial charge in [-0.2, -0.15) is 5.10 Å². The number of rotatable bonds is 10. The van der Waals surface area contributed by atoms with Crippen LogP contribution in [0.4, 0.5) is 5.69 Å². The molecule has 1 heterocycles. The summed E-state index contributed by atoms with van der Waals surface area (Å²) in [6, 6.07) is 13.9. The summed E-state index contributed by atoms with van der Waals surface area (Å²) in [4.78, 5) is 11.4. The molecule has 2 atom stereocenters. The number of hydrogen-bond donors (Lipinski definition) is 4. The number of carbonyl (C=O) groups is 1. The van der Waals surface area contributed by atoms with Gasteiger partial charge in [-0.1, -0.05) is 25.1 Å². The largest absolute Gasteiger partial charge is 0.490 e. The van der Waals surface area contributed by atoms with E-state index in [-0.39, 0.29) is 24.0 Å². The summed E-state index contributed by atoms with van der Waals surface area (Å²) in [6.45, 7) is 9.49. The number of halogens is 1. The zero-order valence-corrected chi connectivity index (χ0v) is 21.2. The smallest absolute Gasteiger partial charge is 0.240 e. The second-order valence-electron chi connectivity index (χ2n) is 9.23. The number of β-amino-alcohol motifs (C(OH)–C–C–N with tert-alkyl or cyclic N) is 1. The zero-order valence-electron chi connectivity index (χ0n) is 19.6. The first kappa shape index (κ1) is 25.2. The monoisotopic (exact) mass is 516 g/mol. The average Bonchev–Trinajstić information content (AvgIpc) is 2.77. The van der Waals surface area contributed by atoms with Gasteiger partial charge in [-0.15, -0.1) is 0 Å². The van der Waals surface area contributed by atoms with Gasteiger partial charge in [0.15, 0.2) is 0 Å². The summed E-state index contributed by atoms with van der Waals surface area (Å²) < 4.78 is 6.64. The van der Waals surface area contributed by atoms with E-state index >= 15 is 0 Å². The molecule has 2 aromatic carbocycles. The maximum Gasteiger partial charge on any atom is 0.240 e. The summed E-state index contributed by atoms with van der Waals surface area (Å²) in [5.74, 6) is 0.788. The summed E-state index contributed by atoms with van der Waals surface area (Å²) in [5, 5.41) is 21.4. The molecule has 7 nitrogen and oxygen atoms in total. The Morgan fingerprint density at radius 1 is 1.27 bits per heavy atom. The first-order chi connectivity index (χ1) is 15.6. The fourth-order valence-electron chi connectivity index (χ4n) is 3.51. The zero-order chi connectivity index (χ0) is 24.0. The highest BCUT2D eigenvalue weighted by Gasteiger charge is 2.22. The van der Waals surface area contributed by atoms with E-state index in [9.17, 15) is 9.90 Å². The first-order valence-electron chi connectivity index (χ1n) is 11.2. The van der Waals surface area contributed by atoms with Crippen molar-refractivity contribution in [1.29, 1.82) is 0 Å². The minimum Gasteiger partial charge on any atom is -0.490 e. The number of nitrogens with zero attached hydrogens (tertiary/aromatic N) is 1. The lowest BCUT2D eigenvalue weighted by Gasteiger charge is -2.28. The Balaban J connectivity index is 1.44. The van der Waals surface area contributed by atoms with Gasteiger partial charge in [-0.05, 0) is 72.1 Å². The molecule has 0 bridgehead atoms. The van der Waals surface area contributed by atoms with Crippen molar-refractivity contribution in [3.63, 3.8) is 0 Å². The van der Waals surface area contributed by atoms with Gasteiger partial charge in [-0.25, -0.2) is 5.43 Å². The topological polar surface area (TPSA) is 95.0 Å². The van der Waals surface area contributed by atoms with Crippen LogP contribution < -0.4 is 20.8 Å². The second-order valence-corrected chi connectivity index (χ2v) is 10.1. The molecule has 0 fully saturated rings. The van der Waals surface area contributed by atoms with Gasteiger partial charge in [0.1, 0.15) is 18.5 Å². The number of amides is 1. The van der Waals surface area contributed by atoms with E-state index in [4.69, 9.17) is 4.74 Å². The Bertz CT molecular complexity index is 992. The van der Waals surface area contributed by atoms with Crippen molar-refractivity contribution in [3.05, 3.63) is 58.1 Å². The molecule has 0 spiro atoms. The van der Waals surface area contributed by atoms with Crippen LogP contribution in [-0.2, 0) is 4.79 Å². The molecule has 2 aromatic rings. The predicted octanol–water partition coefficient (Wildman–Crippen LogP) is 3.84. The summed E-state index contributed by atoms with van der Waals surface area (Å²) in [7, 11) is 0. The third kappa shape index (κ3) is 7.55. The molecule has 1 aliphatic rings. The molecule has 0 saturated heterocycles. The Morgan fingerprint density at radius 3 is 2.70 bits per heavy atom. The van der Waals surface area contributed by atoms with Crippen molar-refractivity contribution < 1.29 is 14.6 Å². The standard InChI is InChI=1S/C25H33BrN4O3/c1-16-5-10-21(26)22(11-16)33-14-20(31)13-28-25(3,4)15-27-19-8-6-18(7-9-19)24-17(2)12-23(32)29-30-24/h5-11,17,20,27-28,31H,12-15H2,1-4H3,(H,29,32). The lowest BCUT2D eigenvalue weighted by molar-refractivity contribution is -0.121. The summed E-state index contributed by atoms with van der Waals surface area (Å²) in [5.41, 5.74) is 6.33. The highest BCUT2D eigenvalue weighted by atomic mass is 79.9. The molecule has 4 N–H and O–H groups in total. The number of aryl methyl sites for hydroxylation is 1. The molecule has 1 amide bonds. The average molecular weight is 517 g/mol. The maximum absolute atomic E-state index is 11.4. The molecule has 0 saturated carbocycles. The molecular formula is C25H33BrN4O3. The lowest BCUT2D eigenvalue weighted by Crippen LogP contribution is -2.49. The number of nitrogens with one attached hydrogen (secondary N) is 3. The third-order valence-corrected chi connectivity index (χ3v) is 6.16. The van der Waals surface area contributed by atoms with Crippen molar-refractivity contribution in [1.82, 2.24) is 10.7 Å². The van der Waals surface area contributed by atoms with Crippen molar-refractivity contribution >= 4 is 33.2 Å². The van der Waals surface area contributed by atoms with Crippen LogP contribution in [0.2, 0.25) is 0 Å². The number of aliphatic hydroxyl groups is 1. The third-order valence-electron chi connectivity index (χ3n) is 5.51. The van der Waals surface area contributed by atoms with Crippen LogP contribution in [0.5, 0.6) is 5.75 Å². The SMILES string of the molecule is Cc1ccc(Br)c(OCC(O)CNC(C)(C)CNc2ccc(C3=NNC(=O)CC3C)cc2)c1. The van der Waals surface area contributed by atoms with E-state index in [1.54, 1.807) is 0 Å². The van der Waals surface area contributed by atoms with Crippen molar-refractivity contribution in [2.24, 2.45) is 11.0 Å². The fraction of sp³-hybridized carbons (Fsp3) is 0.440. The highest BCUT2D eigenvalue weighted by molar-refractivity contribution is 9.10. The molecule has 3 rings (SSSR count). The Morgan fingerprint density at radius 2 is 2.00 bits per heavy atom. The highest BCUT2D eigenvalue weighted by Crippen LogP contribution is 2.26. The molecule has 1 aliphatic heterocycles. The molecule has 0 aromatic heterocycles. The Labute approximate surface area is 204 Å². The van der Waals surface area contributed by atoms with Crippen LogP contribution in [-0.4, -0.2) is 48.1 Å². The quantitative estimate of drug-likeness (QED) is 0.384. The van der Waals surface area contributed by atoms with E-state index in [0.717, 1.165) is 32.7 Å². The van der Waals surface area contributed by atoms with Crippen molar-refractivity contribution in [2.75, 3.05) is 25.0 Å². The van der Waals surface area contributed by atoms with Gasteiger partial charge < -0.3 is 20.5 Å². The van der Waals surface area contributed by atoms with Crippen LogP contribution in [0.15, 0.2) is 52.0 Å². The molecule has 178 valence electrons. The minimum atomic E-state index is -0.630. The number of aliphatic hydroxyl groups excluding tert-OH is 1. The molecular weight excluding hydrogens is 484 g/mol. The normalized spacial score (nSPS) is 17.2. The number of carbonyl (C=O) groups excluding carboxylic acids is 1. The number of hydrogen-bond acceptors (Lipinski definition) is 6. The Kier molecular flexibility index (Phi) is 8.51. The number of benzene rings is 2. The van der Waals surface area contributed by atoms with Crippen LogP contribution >= 0.6 is 15.9 Å². The van der Waals surface area contributed by atoms with Gasteiger partial charge in [-0.3, -0.25) is 4.79 Å². The van der Waals surface area contributed by atoms with Crippen LogP contribution in [0, 0.1) is 12.8 Å². The van der Waals surface area contributed by atoms with Gasteiger partial charge >= 0.3 is 0 Å². The molecule has 0 radical (unpaired) electrons. The van der Waals surface area contributed by atoms with Gasteiger partial charge in [0.25, 0.3) is 0 Å². The number of anilines is 1. The summed E-state index contributed by atoms with van der Waals surface area (Å²) in [6.07, 6.45) is -0.174. The van der Waals surface area contributed by atoms with Gasteiger partial charge in [0, 0.05) is 36.7 Å². The minimum absolute atomic E-state index is 0.0426. The number of ether oxygens (including phenoxy) is 1. The van der Waals surface area contributed by atoms with E-state index in [1.165, 1.54) is 0 Å². The van der Waals surface area contributed by atoms with Crippen LogP contribution in [0.3, 0.4) is 0 Å². The lowest BCUT2D eigenvalue weighted by atomic mass is 9.94. The first-order valence-corrected chi connectivity index (χ1v) is 11.9. The van der Waals surface area contributed by atoms with Gasteiger partial charge in [0.2, 0.25) is 5.91 Å².